The normalized spacial score (nSPS) is 10.8. The van der Waals surface area contributed by atoms with Crippen LogP contribution < -0.4 is 0 Å². The lowest BCUT2D eigenvalue weighted by Crippen LogP contribution is -1.86. The molecule has 94 valence electrons. The molecule has 0 atom stereocenters. The largest absolute Gasteiger partial charge is 0.271 e. The molecular formula is C14H10N2O2S. The van der Waals surface area contributed by atoms with E-state index in [4.69, 9.17) is 0 Å². The van der Waals surface area contributed by atoms with Crippen molar-refractivity contribution in [1.82, 2.24) is 4.98 Å². The van der Waals surface area contributed by atoms with E-state index in [-0.39, 0.29) is 5.69 Å². The van der Waals surface area contributed by atoms with Crippen LogP contribution in [0.3, 0.4) is 0 Å². The van der Waals surface area contributed by atoms with E-state index >= 15 is 0 Å². The second kappa shape index (κ2) is 4.44. The highest BCUT2D eigenvalue weighted by Crippen LogP contribution is 2.31. The van der Waals surface area contributed by atoms with Crippen molar-refractivity contribution in [2.45, 2.75) is 6.92 Å². The molecule has 2 aromatic carbocycles. The maximum atomic E-state index is 10.7. The van der Waals surface area contributed by atoms with Crippen molar-refractivity contribution in [3.05, 3.63) is 58.1 Å². The fourth-order valence-electron chi connectivity index (χ4n) is 1.85. The molecule has 0 N–H and O–H groups in total. The molecule has 0 aliphatic rings. The zero-order valence-electron chi connectivity index (χ0n) is 10.2. The molecule has 0 radical (unpaired) electrons. The van der Waals surface area contributed by atoms with Crippen LogP contribution in [0.5, 0.6) is 0 Å². The van der Waals surface area contributed by atoms with E-state index < -0.39 is 4.92 Å². The highest BCUT2D eigenvalue weighted by molar-refractivity contribution is 7.21. The Morgan fingerprint density at radius 2 is 1.89 bits per heavy atom. The summed E-state index contributed by atoms with van der Waals surface area (Å²) in [6.45, 7) is 2.03. The van der Waals surface area contributed by atoms with E-state index in [0.717, 1.165) is 15.3 Å². The number of non-ortho nitro benzene ring substituents is 1. The third kappa shape index (κ3) is 2.20. The summed E-state index contributed by atoms with van der Waals surface area (Å²) >= 11 is 1.54. The lowest BCUT2D eigenvalue weighted by atomic mass is 10.2. The molecule has 3 rings (SSSR count). The summed E-state index contributed by atoms with van der Waals surface area (Å²) in [6, 6.07) is 12.9. The van der Waals surface area contributed by atoms with Crippen molar-refractivity contribution in [2.75, 3.05) is 0 Å². The monoisotopic (exact) mass is 270 g/mol. The molecule has 4 nitrogen and oxygen atoms in total. The standard InChI is InChI=1S/C14H10N2O2S/c1-9-2-4-10(5-3-9)14-15-12-8-11(16(17)18)6-7-13(12)19-14/h2-8H,1H3. The van der Waals surface area contributed by atoms with Gasteiger partial charge in [0.05, 0.1) is 15.1 Å². The molecule has 1 heterocycles. The van der Waals surface area contributed by atoms with Crippen LogP contribution >= 0.6 is 11.3 Å². The van der Waals surface area contributed by atoms with Crippen LogP contribution in [0.25, 0.3) is 20.8 Å². The van der Waals surface area contributed by atoms with Crippen LogP contribution in [-0.4, -0.2) is 9.91 Å². The maximum Gasteiger partial charge on any atom is 0.271 e. The Morgan fingerprint density at radius 3 is 2.58 bits per heavy atom. The lowest BCUT2D eigenvalue weighted by Gasteiger charge is -1.95. The molecule has 0 fully saturated rings. The minimum atomic E-state index is -0.398. The molecular weight excluding hydrogens is 260 g/mol. The summed E-state index contributed by atoms with van der Waals surface area (Å²) < 4.78 is 0.959. The van der Waals surface area contributed by atoms with Gasteiger partial charge in [-0.15, -0.1) is 11.3 Å². The molecule has 19 heavy (non-hydrogen) atoms. The first-order chi connectivity index (χ1) is 9.13. The molecule has 1 aromatic heterocycles. The number of nitro benzene ring substituents is 1. The third-order valence-corrected chi connectivity index (χ3v) is 3.97. The van der Waals surface area contributed by atoms with Gasteiger partial charge in [0.25, 0.3) is 5.69 Å². The molecule has 0 saturated heterocycles. The molecule has 0 unspecified atom stereocenters. The second-order valence-corrected chi connectivity index (χ2v) is 5.32. The first-order valence-corrected chi connectivity index (χ1v) is 6.57. The highest BCUT2D eigenvalue weighted by atomic mass is 32.1. The molecule has 0 saturated carbocycles. The summed E-state index contributed by atoms with van der Waals surface area (Å²) in [5, 5.41) is 11.6. The Morgan fingerprint density at radius 1 is 1.16 bits per heavy atom. The molecule has 0 aliphatic carbocycles. The number of rotatable bonds is 2. The van der Waals surface area contributed by atoms with Gasteiger partial charge in [-0.1, -0.05) is 29.8 Å². The summed E-state index contributed by atoms with van der Waals surface area (Å²) in [5.41, 5.74) is 2.98. The van der Waals surface area contributed by atoms with Gasteiger partial charge in [0.15, 0.2) is 0 Å². The van der Waals surface area contributed by atoms with Crippen LogP contribution in [-0.2, 0) is 0 Å². The van der Waals surface area contributed by atoms with Gasteiger partial charge in [-0.2, -0.15) is 0 Å². The van der Waals surface area contributed by atoms with E-state index in [1.165, 1.54) is 17.7 Å². The quantitative estimate of drug-likeness (QED) is 0.518. The molecule has 0 amide bonds. The smallest absolute Gasteiger partial charge is 0.258 e. The van der Waals surface area contributed by atoms with Crippen LogP contribution in [0.15, 0.2) is 42.5 Å². The second-order valence-electron chi connectivity index (χ2n) is 4.29. The summed E-state index contributed by atoms with van der Waals surface area (Å²) in [5.74, 6) is 0. The number of nitro groups is 1. The van der Waals surface area contributed by atoms with Crippen LogP contribution in [0.2, 0.25) is 0 Å². The Kier molecular flexibility index (Phi) is 2.76. The SMILES string of the molecule is Cc1ccc(-c2nc3cc([N+](=O)[O-])ccc3s2)cc1. The predicted octanol–water partition coefficient (Wildman–Crippen LogP) is 4.18. The van der Waals surface area contributed by atoms with Crippen molar-refractivity contribution >= 4 is 27.2 Å². The average molecular weight is 270 g/mol. The Labute approximate surface area is 113 Å². The first kappa shape index (κ1) is 11.8. The van der Waals surface area contributed by atoms with Crippen molar-refractivity contribution in [3.8, 4) is 10.6 Å². The van der Waals surface area contributed by atoms with E-state index in [1.807, 2.05) is 31.2 Å². The summed E-state index contributed by atoms with van der Waals surface area (Å²) in [7, 11) is 0. The number of hydrogen-bond acceptors (Lipinski definition) is 4. The molecule has 3 aromatic rings. The number of aromatic nitrogens is 1. The fourth-order valence-corrected chi connectivity index (χ4v) is 2.80. The minimum Gasteiger partial charge on any atom is -0.258 e. The highest BCUT2D eigenvalue weighted by Gasteiger charge is 2.11. The van der Waals surface area contributed by atoms with Crippen LogP contribution in [0, 0.1) is 17.0 Å². The minimum absolute atomic E-state index is 0.0771. The predicted molar refractivity (Wildman–Crippen MR) is 76.4 cm³/mol. The van der Waals surface area contributed by atoms with E-state index in [0.29, 0.717) is 5.52 Å². The fraction of sp³-hybridized carbons (Fsp3) is 0.0714. The number of nitrogens with zero attached hydrogens (tertiary/aromatic N) is 2. The van der Waals surface area contributed by atoms with Crippen LogP contribution in [0.1, 0.15) is 5.56 Å². The van der Waals surface area contributed by atoms with Gasteiger partial charge >= 0.3 is 0 Å². The Bertz CT molecular complexity index is 763. The van der Waals surface area contributed by atoms with Gasteiger partial charge in [0.1, 0.15) is 5.01 Å². The van der Waals surface area contributed by atoms with Crippen molar-refractivity contribution in [3.63, 3.8) is 0 Å². The summed E-state index contributed by atoms with van der Waals surface area (Å²) in [4.78, 5) is 14.8. The number of thiazole rings is 1. The van der Waals surface area contributed by atoms with Crippen LogP contribution in [0.4, 0.5) is 5.69 Å². The topological polar surface area (TPSA) is 56.0 Å². The Hall–Kier alpha value is -2.27. The molecule has 5 heteroatoms. The number of hydrogen-bond donors (Lipinski definition) is 0. The zero-order chi connectivity index (χ0) is 13.4. The maximum absolute atomic E-state index is 10.7. The first-order valence-electron chi connectivity index (χ1n) is 5.75. The molecule has 0 aliphatic heterocycles. The Balaban J connectivity index is 2.11. The zero-order valence-corrected chi connectivity index (χ0v) is 11.0. The molecule has 0 spiro atoms. The van der Waals surface area contributed by atoms with E-state index in [1.54, 1.807) is 17.4 Å². The lowest BCUT2D eigenvalue weighted by molar-refractivity contribution is -0.384. The third-order valence-electron chi connectivity index (χ3n) is 2.88. The number of fused-ring (bicyclic) bond motifs is 1. The number of aryl methyl sites for hydroxylation is 1. The molecule has 0 bridgehead atoms. The number of benzene rings is 2. The summed E-state index contributed by atoms with van der Waals surface area (Å²) in [6.07, 6.45) is 0. The van der Waals surface area contributed by atoms with Gasteiger partial charge in [0, 0.05) is 17.7 Å². The van der Waals surface area contributed by atoms with E-state index in [2.05, 4.69) is 4.98 Å². The van der Waals surface area contributed by atoms with Gasteiger partial charge in [-0.05, 0) is 13.0 Å². The van der Waals surface area contributed by atoms with Gasteiger partial charge in [0.2, 0.25) is 0 Å². The van der Waals surface area contributed by atoms with Gasteiger partial charge in [-0.25, -0.2) is 4.98 Å². The van der Waals surface area contributed by atoms with Crippen molar-refractivity contribution in [2.24, 2.45) is 0 Å². The van der Waals surface area contributed by atoms with Gasteiger partial charge in [-0.3, -0.25) is 10.1 Å². The average Bonchev–Trinajstić information content (AvgIpc) is 2.82. The van der Waals surface area contributed by atoms with Crippen molar-refractivity contribution < 1.29 is 4.92 Å². The van der Waals surface area contributed by atoms with Crippen molar-refractivity contribution in [1.29, 1.82) is 0 Å². The van der Waals surface area contributed by atoms with Gasteiger partial charge < -0.3 is 0 Å². The van der Waals surface area contributed by atoms with E-state index in [9.17, 15) is 10.1 Å².